The molecular formula is C23H28N2O6. The average Bonchev–Trinajstić information content (AvgIpc) is 2.78. The van der Waals surface area contributed by atoms with Crippen LogP contribution in [0, 0.1) is 5.92 Å². The lowest BCUT2D eigenvalue weighted by Gasteiger charge is -2.45. The predicted octanol–water partition coefficient (Wildman–Crippen LogP) is 2.41. The molecule has 1 aromatic heterocycles. The highest BCUT2D eigenvalue weighted by molar-refractivity contribution is 5.90. The van der Waals surface area contributed by atoms with Crippen LogP contribution in [0.2, 0.25) is 0 Å². The van der Waals surface area contributed by atoms with Crippen molar-refractivity contribution in [1.82, 2.24) is 9.55 Å². The first kappa shape index (κ1) is 21.5. The summed E-state index contributed by atoms with van der Waals surface area (Å²) in [6.07, 6.45) is 3.33. The molecule has 8 nitrogen and oxygen atoms in total. The maximum atomic E-state index is 13.5. The van der Waals surface area contributed by atoms with Gasteiger partial charge in [0, 0.05) is 6.54 Å². The molecule has 2 bridgehead atoms. The number of hydrogen-bond acceptors (Lipinski definition) is 7. The topological polar surface area (TPSA) is 99.9 Å². The van der Waals surface area contributed by atoms with E-state index in [2.05, 4.69) is 4.98 Å². The SMILES string of the molecule is CCOC(=O)c1nc2n(c(=O)c1OCc1ccccc1)CC1CCCC2(OCCO)C1. The van der Waals surface area contributed by atoms with Crippen LogP contribution < -0.4 is 10.3 Å². The molecule has 2 atom stereocenters. The molecule has 0 amide bonds. The molecule has 1 N–H and O–H groups in total. The van der Waals surface area contributed by atoms with E-state index in [0.717, 1.165) is 18.4 Å². The fourth-order valence-electron chi connectivity index (χ4n) is 4.65. The third-order valence-corrected chi connectivity index (χ3v) is 5.95. The number of esters is 1. The molecule has 2 aromatic rings. The number of carbonyl (C=O) groups excluding carboxylic acids is 1. The van der Waals surface area contributed by atoms with Crippen LogP contribution in [-0.4, -0.2) is 40.4 Å². The molecule has 2 aliphatic rings. The van der Waals surface area contributed by atoms with Crippen molar-refractivity contribution in [3.05, 3.63) is 57.8 Å². The quantitative estimate of drug-likeness (QED) is 0.645. The summed E-state index contributed by atoms with van der Waals surface area (Å²) >= 11 is 0. The zero-order valence-corrected chi connectivity index (χ0v) is 17.7. The van der Waals surface area contributed by atoms with Crippen LogP contribution in [0.3, 0.4) is 0 Å². The summed E-state index contributed by atoms with van der Waals surface area (Å²) in [4.78, 5) is 30.8. The van der Waals surface area contributed by atoms with Crippen molar-refractivity contribution in [2.24, 2.45) is 5.92 Å². The molecular weight excluding hydrogens is 400 g/mol. The highest BCUT2D eigenvalue weighted by Gasteiger charge is 2.47. The summed E-state index contributed by atoms with van der Waals surface area (Å²) < 4.78 is 18.7. The average molecular weight is 428 g/mol. The number of benzene rings is 1. The number of rotatable bonds is 8. The molecule has 2 unspecified atom stereocenters. The first-order valence-corrected chi connectivity index (χ1v) is 10.8. The Bertz CT molecular complexity index is 990. The van der Waals surface area contributed by atoms with Crippen LogP contribution in [0.15, 0.2) is 35.1 Å². The number of aliphatic hydroxyl groups is 1. The lowest BCUT2D eigenvalue weighted by molar-refractivity contribution is -0.119. The fraction of sp³-hybridized carbons (Fsp3) is 0.522. The van der Waals surface area contributed by atoms with Gasteiger partial charge in [0.15, 0.2) is 5.69 Å². The Balaban J connectivity index is 1.80. The van der Waals surface area contributed by atoms with E-state index in [9.17, 15) is 14.7 Å². The van der Waals surface area contributed by atoms with E-state index in [1.54, 1.807) is 11.5 Å². The van der Waals surface area contributed by atoms with E-state index < -0.39 is 17.1 Å². The van der Waals surface area contributed by atoms with Gasteiger partial charge in [-0.2, -0.15) is 0 Å². The molecule has 1 aliphatic carbocycles. The van der Waals surface area contributed by atoms with Gasteiger partial charge in [-0.3, -0.25) is 9.36 Å². The van der Waals surface area contributed by atoms with E-state index in [-0.39, 0.29) is 43.8 Å². The van der Waals surface area contributed by atoms with Crippen molar-refractivity contribution in [3.8, 4) is 5.75 Å². The molecule has 1 saturated carbocycles. The van der Waals surface area contributed by atoms with Gasteiger partial charge in [-0.25, -0.2) is 9.78 Å². The van der Waals surface area contributed by atoms with Crippen LogP contribution in [0.1, 0.15) is 54.5 Å². The second kappa shape index (κ2) is 9.20. The second-order valence-corrected chi connectivity index (χ2v) is 8.05. The lowest BCUT2D eigenvalue weighted by Crippen LogP contribution is -2.49. The zero-order chi connectivity index (χ0) is 21.8. The first-order chi connectivity index (χ1) is 15.1. The van der Waals surface area contributed by atoms with Gasteiger partial charge in [0.05, 0.1) is 19.8 Å². The van der Waals surface area contributed by atoms with E-state index >= 15 is 0 Å². The smallest absolute Gasteiger partial charge is 0.361 e. The van der Waals surface area contributed by atoms with Crippen LogP contribution in [0.4, 0.5) is 0 Å². The highest BCUT2D eigenvalue weighted by atomic mass is 16.5. The lowest BCUT2D eigenvalue weighted by atomic mass is 9.74. The molecule has 4 rings (SSSR count). The number of ether oxygens (including phenoxy) is 3. The Morgan fingerprint density at radius 3 is 2.87 bits per heavy atom. The van der Waals surface area contributed by atoms with E-state index in [4.69, 9.17) is 14.2 Å². The Kier molecular flexibility index (Phi) is 6.38. The summed E-state index contributed by atoms with van der Waals surface area (Å²) in [7, 11) is 0. The maximum absolute atomic E-state index is 13.5. The minimum Gasteiger partial charge on any atom is -0.481 e. The Labute approximate surface area is 180 Å². The maximum Gasteiger partial charge on any atom is 0.361 e. The van der Waals surface area contributed by atoms with Crippen molar-refractivity contribution in [1.29, 1.82) is 0 Å². The van der Waals surface area contributed by atoms with Gasteiger partial charge < -0.3 is 19.3 Å². The number of fused-ring (bicyclic) bond motifs is 4. The third-order valence-electron chi connectivity index (χ3n) is 5.95. The van der Waals surface area contributed by atoms with Crippen LogP contribution in [0.25, 0.3) is 0 Å². The van der Waals surface area contributed by atoms with Gasteiger partial charge in [0.1, 0.15) is 18.0 Å². The molecule has 0 radical (unpaired) electrons. The number of aliphatic hydroxyl groups excluding tert-OH is 1. The highest BCUT2D eigenvalue weighted by Crippen LogP contribution is 2.46. The number of aromatic nitrogens is 2. The van der Waals surface area contributed by atoms with E-state index in [1.165, 1.54) is 0 Å². The van der Waals surface area contributed by atoms with E-state index in [1.807, 2.05) is 30.3 Å². The van der Waals surface area contributed by atoms with Crippen molar-refractivity contribution >= 4 is 5.97 Å². The van der Waals surface area contributed by atoms with Crippen molar-refractivity contribution in [2.45, 2.75) is 51.4 Å². The molecule has 2 heterocycles. The van der Waals surface area contributed by atoms with Crippen molar-refractivity contribution < 1.29 is 24.1 Å². The normalized spacial score (nSPS) is 21.9. The fourth-order valence-corrected chi connectivity index (χ4v) is 4.65. The Morgan fingerprint density at radius 2 is 2.13 bits per heavy atom. The van der Waals surface area contributed by atoms with Gasteiger partial charge in [-0.05, 0) is 44.1 Å². The molecule has 1 fully saturated rings. The van der Waals surface area contributed by atoms with Gasteiger partial charge in [0.25, 0.3) is 5.56 Å². The third kappa shape index (κ3) is 4.22. The van der Waals surface area contributed by atoms with Crippen molar-refractivity contribution in [3.63, 3.8) is 0 Å². The minimum atomic E-state index is -0.789. The molecule has 31 heavy (non-hydrogen) atoms. The molecule has 1 aromatic carbocycles. The summed E-state index contributed by atoms with van der Waals surface area (Å²) in [5.41, 5.74) is -0.431. The zero-order valence-electron chi connectivity index (χ0n) is 17.7. The number of carbonyl (C=O) groups is 1. The predicted molar refractivity (Wildman–Crippen MR) is 112 cm³/mol. The largest absolute Gasteiger partial charge is 0.481 e. The Morgan fingerprint density at radius 1 is 1.32 bits per heavy atom. The van der Waals surface area contributed by atoms with Crippen molar-refractivity contribution in [2.75, 3.05) is 19.8 Å². The number of hydrogen-bond donors (Lipinski definition) is 1. The van der Waals surface area contributed by atoms with Crippen LogP contribution >= 0.6 is 0 Å². The van der Waals surface area contributed by atoms with Crippen LogP contribution in [0.5, 0.6) is 5.75 Å². The standard InChI is InChI=1S/C23H28N2O6/c1-2-29-21(28)18-19(30-15-16-7-4-3-5-8-16)20(27)25-14-17-9-6-10-23(13-17,22(25)24-18)31-12-11-26/h3-5,7-8,17,26H,2,6,9-15H2,1H3. The summed E-state index contributed by atoms with van der Waals surface area (Å²) in [5.74, 6) is -0.0866. The molecule has 0 spiro atoms. The molecule has 1 aliphatic heterocycles. The summed E-state index contributed by atoms with van der Waals surface area (Å²) in [6, 6.07) is 9.43. The minimum absolute atomic E-state index is 0.0941. The summed E-state index contributed by atoms with van der Waals surface area (Å²) in [6.45, 7) is 2.52. The van der Waals surface area contributed by atoms with Gasteiger partial charge in [-0.1, -0.05) is 30.3 Å². The summed E-state index contributed by atoms with van der Waals surface area (Å²) in [5, 5.41) is 9.32. The molecule has 8 heteroatoms. The van der Waals surface area contributed by atoms with Crippen LogP contribution in [-0.2, 0) is 28.2 Å². The number of nitrogens with zero attached hydrogens (tertiary/aromatic N) is 2. The molecule has 0 saturated heterocycles. The van der Waals surface area contributed by atoms with Gasteiger partial charge in [-0.15, -0.1) is 0 Å². The Hall–Kier alpha value is -2.71. The second-order valence-electron chi connectivity index (χ2n) is 8.05. The molecule has 166 valence electrons. The monoisotopic (exact) mass is 428 g/mol. The van der Waals surface area contributed by atoms with E-state index in [0.29, 0.717) is 25.2 Å². The van der Waals surface area contributed by atoms with Gasteiger partial charge in [0.2, 0.25) is 5.75 Å². The van der Waals surface area contributed by atoms with Gasteiger partial charge >= 0.3 is 5.97 Å². The first-order valence-electron chi connectivity index (χ1n) is 10.8.